The fraction of sp³-hybridized carbons (Fsp3) is 0.421. The summed E-state index contributed by atoms with van der Waals surface area (Å²) in [6, 6.07) is 4.00. The molecule has 11 heteroatoms. The van der Waals surface area contributed by atoms with Crippen LogP contribution in [-0.2, 0) is 28.7 Å². The number of nitrogens with zero attached hydrogens (tertiary/aromatic N) is 2. The second-order valence-electron chi connectivity index (χ2n) is 7.09. The molecule has 0 bridgehead atoms. The first-order valence-electron chi connectivity index (χ1n) is 9.07. The average Bonchev–Trinajstić information content (AvgIpc) is 3.25. The number of alkyl halides is 3. The van der Waals surface area contributed by atoms with Crippen molar-refractivity contribution in [3.05, 3.63) is 51.9 Å². The van der Waals surface area contributed by atoms with Crippen molar-refractivity contribution in [1.29, 1.82) is 0 Å². The maximum atomic E-state index is 13.0. The Hall–Kier alpha value is -2.59. The van der Waals surface area contributed by atoms with Crippen LogP contribution in [0.3, 0.4) is 0 Å². The number of hydrogen-bond donors (Lipinski definition) is 2. The number of carbonyl (C=O) groups excluding carboxylic acids is 2. The number of aryl methyl sites for hydroxylation is 1. The molecule has 1 saturated heterocycles. The summed E-state index contributed by atoms with van der Waals surface area (Å²) in [5.74, 6) is -0.662. The standard InChI is InChI=1S/C19H19ClF3N3O4/c1-10-4-13(30-25-10)7-17(28)26-9-12(27)6-16(26)18(29)24-8-11-2-3-15(20)14(5-11)19(21,22)23/h2-5,12,16,27H,6-9H2,1H3,(H,24,29)/t12-,16+/m1/s1. The smallest absolute Gasteiger partial charge is 0.391 e. The van der Waals surface area contributed by atoms with E-state index in [1.165, 1.54) is 11.0 Å². The van der Waals surface area contributed by atoms with E-state index in [4.69, 9.17) is 16.1 Å². The fourth-order valence-electron chi connectivity index (χ4n) is 3.29. The molecule has 2 N–H and O–H groups in total. The first kappa shape index (κ1) is 22.1. The number of aliphatic hydroxyl groups excluding tert-OH is 1. The predicted octanol–water partition coefficient (Wildman–Crippen LogP) is 2.48. The van der Waals surface area contributed by atoms with Gasteiger partial charge >= 0.3 is 6.18 Å². The normalized spacial score (nSPS) is 19.2. The van der Waals surface area contributed by atoms with E-state index in [1.54, 1.807) is 13.0 Å². The molecule has 0 saturated carbocycles. The van der Waals surface area contributed by atoms with E-state index >= 15 is 0 Å². The molecule has 1 aromatic heterocycles. The molecule has 7 nitrogen and oxygen atoms in total. The summed E-state index contributed by atoms with van der Waals surface area (Å²) in [5.41, 5.74) is -0.185. The van der Waals surface area contributed by atoms with Crippen LogP contribution >= 0.6 is 11.6 Å². The molecule has 0 unspecified atom stereocenters. The topological polar surface area (TPSA) is 95.7 Å². The third-order valence-corrected chi connectivity index (χ3v) is 5.04. The second-order valence-corrected chi connectivity index (χ2v) is 7.50. The lowest BCUT2D eigenvalue weighted by atomic mass is 10.1. The van der Waals surface area contributed by atoms with Gasteiger partial charge in [0.15, 0.2) is 0 Å². The number of carbonyl (C=O) groups is 2. The summed E-state index contributed by atoms with van der Waals surface area (Å²) in [5, 5.41) is 15.7. The van der Waals surface area contributed by atoms with E-state index in [0.717, 1.165) is 12.1 Å². The number of nitrogens with one attached hydrogen (secondary N) is 1. The predicted molar refractivity (Wildman–Crippen MR) is 99.4 cm³/mol. The Morgan fingerprint density at radius 3 is 2.73 bits per heavy atom. The van der Waals surface area contributed by atoms with Crippen LogP contribution in [0.1, 0.15) is 29.0 Å². The largest absolute Gasteiger partial charge is 0.417 e. The minimum atomic E-state index is -4.62. The molecule has 2 atom stereocenters. The summed E-state index contributed by atoms with van der Waals surface area (Å²) >= 11 is 5.59. The number of hydrogen-bond acceptors (Lipinski definition) is 5. The van der Waals surface area contributed by atoms with E-state index in [1.807, 2.05) is 0 Å². The summed E-state index contributed by atoms with van der Waals surface area (Å²) in [7, 11) is 0. The van der Waals surface area contributed by atoms with Crippen LogP contribution in [0.5, 0.6) is 0 Å². The van der Waals surface area contributed by atoms with Crippen LogP contribution in [0.2, 0.25) is 5.02 Å². The minimum Gasteiger partial charge on any atom is -0.391 e. The summed E-state index contributed by atoms with van der Waals surface area (Å²) in [6.07, 6.45) is -5.59. The van der Waals surface area contributed by atoms with Crippen LogP contribution in [0.15, 0.2) is 28.8 Å². The van der Waals surface area contributed by atoms with Crippen molar-refractivity contribution in [1.82, 2.24) is 15.4 Å². The quantitative estimate of drug-likeness (QED) is 0.737. The van der Waals surface area contributed by atoms with Crippen molar-refractivity contribution in [2.75, 3.05) is 6.54 Å². The summed E-state index contributed by atoms with van der Waals surface area (Å²) < 4.78 is 44.0. The molecule has 2 aromatic rings. The van der Waals surface area contributed by atoms with E-state index in [-0.39, 0.29) is 31.5 Å². The van der Waals surface area contributed by atoms with Crippen molar-refractivity contribution >= 4 is 23.4 Å². The van der Waals surface area contributed by atoms with Crippen molar-refractivity contribution in [2.24, 2.45) is 0 Å². The van der Waals surface area contributed by atoms with Crippen molar-refractivity contribution in [3.8, 4) is 0 Å². The number of β-amino-alcohol motifs (C(OH)–C–C–N with tert-alkyl or cyclic N) is 1. The molecule has 0 spiro atoms. The van der Waals surface area contributed by atoms with E-state index < -0.39 is 40.7 Å². The monoisotopic (exact) mass is 445 g/mol. The molecule has 2 heterocycles. The number of halogens is 4. The molecular formula is C19H19ClF3N3O4. The van der Waals surface area contributed by atoms with Gasteiger partial charge in [-0.25, -0.2) is 0 Å². The van der Waals surface area contributed by atoms with Gasteiger partial charge in [-0.15, -0.1) is 0 Å². The van der Waals surface area contributed by atoms with Gasteiger partial charge in [0.25, 0.3) is 0 Å². The second kappa shape index (κ2) is 8.65. The van der Waals surface area contributed by atoms with E-state index in [2.05, 4.69) is 10.5 Å². The first-order valence-corrected chi connectivity index (χ1v) is 9.45. The highest BCUT2D eigenvalue weighted by molar-refractivity contribution is 6.31. The fourth-order valence-corrected chi connectivity index (χ4v) is 3.52. The molecule has 2 amide bonds. The van der Waals surface area contributed by atoms with Crippen LogP contribution in [0, 0.1) is 6.92 Å². The number of likely N-dealkylation sites (tertiary alicyclic amines) is 1. The molecule has 30 heavy (non-hydrogen) atoms. The molecule has 0 aliphatic carbocycles. The molecular weight excluding hydrogens is 427 g/mol. The highest BCUT2D eigenvalue weighted by atomic mass is 35.5. The van der Waals surface area contributed by atoms with Crippen LogP contribution in [0.25, 0.3) is 0 Å². The molecule has 1 aliphatic rings. The Bertz CT molecular complexity index is 947. The molecule has 162 valence electrons. The maximum absolute atomic E-state index is 13.0. The number of aliphatic hydroxyl groups is 1. The Morgan fingerprint density at radius 2 is 2.10 bits per heavy atom. The third kappa shape index (κ3) is 5.11. The lowest BCUT2D eigenvalue weighted by Gasteiger charge is -2.23. The van der Waals surface area contributed by atoms with Crippen LogP contribution in [0.4, 0.5) is 13.2 Å². The SMILES string of the molecule is Cc1cc(CC(=O)N2C[C@H](O)C[C@H]2C(=O)NCc2ccc(Cl)c(C(F)(F)F)c2)on1. The highest BCUT2D eigenvalue weighted by Crippen LogP contribution is 2.35. The Morgan fingerprint density at radius 1 is 1.37 bits per heavy atom. The van der Waals surface area contributed by atoms with Crippen LogP contribution in [-0.4, -0.2) is 45.7 Å². The van der Waals surface area contributed by atoms with Gasteiger partial charge in [0.1, 0.15) is 11.8 Å². The van der Waals surface area contributed by atoms with Gasteiger partial charge in [-0.3, -0.25) is 9.59 Å². The van der Waals surface area contributed by atoms with Crippen molar-refractivity contribution in [2.45, 2.75) is 44.6 Å². The number of aromatic nitrogens is 1. The number of benzene rings is 1. The minimum absolute atomic E-state index is 0.0246. The molecule has 1 fully saturated rings. The first-order chi connectivity index (χ1) is 14.0. The zero-order valence-corrected chi connectivity index (χ0v) is 16.6. The zero-order valence-electron chi connectivity index (χ0n) is 15.9. The zero-order chi connectivity index (χ0) is 22.1. The summed E-state index contributed by atoms with van der Waals surface area (Å²) in [4.78, 5) is 26.4. The third-order valence-electron chi connectivity index (χ3n) is 4.71. The molecule has 0 radical (unpaired) electrons. The number of rotatable bonds is 5. The lowest BCUT2D eigenvalue weighted by Crippen LogP contribution is -2.46. The van der Waals surface area contributed by atoms with Gasteiger partial charge in [-0.05, 0) is 24.6 Å². The Balaban J connectivity index is 1.65. The highest BCUT2D eigenvalue weighted by Gasteiger charge is 2.39. The molecule has 3 rings (SSSR count). The van der Waals surface area contributed by atoms with Gasteiger partial charge in [0, 0.05) is 25.6 Å². The average molecular weight is 446 g/mol. The van der Waals surface area contributed by atoms with Crippen LogP contribution < -0.4 is 5.32 Å². The number of amides is 2. The van der Waals surface area contributed by atoms with Crippen molar-refractivity contribution < 1.29 is 32.4 Å². The van der Waals surface area contributed by atoms with Crippen molar-refractivity contribution in [3.63, 3.8) is 0 Å². The lowest BCUT2D eigenvalue weighted by molar-refractivity contribution is -0.138. The molecule has 1 aromatic carbocycles. The Kier molecular flexibility index (Phi) is 6.37. The molecule has 1 aliphatic heterocycles. The summed E-state index contributed by atoms with van der Waals surface area (Å²) in [6.45, 7) is 1.49. The van der Waals surface area contributed by atoms with E-state index in [0.29, 0.717) is 11.5 Å². The van der Waals surface area contributed by atoms with Gasteiger partial charge < -0.3 is 19.8 Å². The van der Waals surface area contributed by atoms with Gasteiger partial charge in [-0.2, -0.15) is 13.2 Å². The van der Waals surface area contributed by atoms with Gasteiger partial charge in [-0.1, -0.05) is 22.8 Å². The Labute approximate surface area is 174 Å². The maximum Gasteiger partial charge on any atom is 0.417 e. The van der Waals surface area contributed by atoms with Gasteiger partial charge in [0.2, 0.25) is 11.8 Å². The van der Waals surface area contributed by atoms with Gasteiger partial charge in [0.05, 0.1) is 28.8 Å². The van der Waals surface area contributed by atoms with E-state index in [9.17, 15) is 27.9 Å².